The smallest absolute Gasteiger partial charge is 0.224 e. The average molecular weight is 414 g/mol. The van der Waals surface area contributed by atoms with Gasteiger partial charge in [0.25, 0.3) is 0 Å². The molecule has 1 atom stereocenters. The van der Waals surface area contributed by atoms with E-state index in [9.17, 15) is 19.1 Å². The molecule has 0 spiro atoms. The van der Waals surface area contributed by atoms with Crippen molar-refractivity contribution in [2.75, 3.05) is 6.61 Å². The topological polar surface area (TPSA) is 66.4 Å². The van der Waals surface area contributed by atoms with Crippen molar-refractivity contribution >= 4 is 11.7 Å². The number of carbonyl (C=O) groups excluding carboxylic acids is 2. The zero-order chi connectivity index (χ0) is 22.4. The van der Waals surface area contributed by atoms with Crippen molar-refractivity contribution in [1.29, 1.82) is 0 Å². The summed E-state index contributed by atoms with van der Waals surface area (Å²) in [6.07, 6.45) is 0.645. The number of amides is 1. The molecule has 162 valence electrons. The van der Waals surface area contributed by atoms with E-state index in [0.29, 0.717) is 24.0 Å². The van der Waals surface area contributed by atoms with Crippen LogP contribution in [0.15, 0.2) is 30.3 Å². The Morgan fingerprint density at radius 3 is 2.30 bits per heavy atom. The molecule has 1 amide bonds. The van der Waals surface area contributed by atoms with Crippen LogP contribution in [0.4, 0.5) is 4.39 Å². The molecule has 2 aromatic carbocycles. The Bertz CT molecular complexity index is 921. The molecule has 2 aromatic rings. The third-order valence-corrected chi connectivity index (χ3v) is 5.41. The van der Waals surface area contributed by atoms with Gasteiger partial charge in [0, 0.05) is 12.0 Å². The summed E-state index contributed by atoms with van der Waals surface area (Å²) in [6, 6.07) is 8.86. The van der Waals surface area contributed by atoms with Crippen LogP contribution in [-0.2, 0) is 28.9 Å². The Morgan fingerprint density at radius 1 is 1.03 bits per heavy atom. The molecular formula is C25H32FNO3. The van der Waals surface area contributed by atoms with Crippen LogP contribution < -0.4 is 5.32 Å². The van der Waals surface area contributed by atoms with Gasteiger partial charge in [-0.2, -0.15) is 0 Å². The van der Waals surface area contributed by atoms with E-state index in [1.54, 1.807) is 32.9 Å². The van der Waals surface area contributed by atoms with Gasteiger partial charge >= 0.3 is 0 Å². The number of ketones is 1. The first-order chi connectivity index (χ1) is 14.1. The lowest BCUT2D eigenvalue weighted by atomic mass is 9.88. The van der Waals surface area contributed by atoms with Crippen molar-refractivity contribution in [2.24, 2.45) is 0 Å². The summed E-state index contributed by atoms with van der Waals surface area (Å²) in [7, 11) is 0. The Morgan fingerprint density at radius 2 is 1.70 bits per heavy atom. The molecule has 0 radical (unpaired) electrons. The molecular weight excluding hydrogens is 381 g/mol. The fraction of sp³-hybridized carbons (Fsp3) is 0.440. The summed E-state index contributed by atoms with van der Waals surface area (Å²) in [6.45, 7) is 8.91. The first-order valence-electron chi connectivity index (χ1n) is 10.4. The van der Waals surface area contributed by atoms with E-state index in [0.717, 1.165) is 22.3 Å². The number of rotatable bonds is 9. The molecule has 0 aliphatic carbocycles. The molecule has 1 unspecified atom stereocenters. The van der Waals surface area contributed by atoms with Crippen molar-refractivity contribution in [2.45, 2.75) is 65.8 Å². The number of aliphatic hydroxyl groups excluding tert-OH is 1. The van der Waals surface area contributed by atoms with Crippen LogP contribution in [0.25, 0.3) is 0 Å². The number of aliphatic hydroxyl groups is 1. The van der Waals surface area contributed by atoms with Gasteiger partial charge in [-0.25, -0.2) is 4.39 Å². The van der Waals surface area contributed by atoms with Gasteiger partial charge in [0.2, 0.25) is 5.91 Å². The lowest BCUT2D eigenvalue weighted by Gasteiger charge is -2.22. The summed E-state index contributed by atoms with van der Waals surface area (Å²) in [4.78, 5) is 24.3. The van der Waals surface area contributed by atoms with Gasteiger partial charge in [-0.1, -0.05) is 44.2 Å². The van der Waals surface area contributed by atoms with Gasteiger partial charge in [0.15, 0.2) is 0 Å². The highest BCUT2D eigenvalue weighted by Gasteiger charge is 2.20. The van der Waals surface area contributed by atoms with Crippen LogP contribution in [-0.4, -0.2) is 29.4 Å². The molecule has 0 fully saturated rings. The maximum atomic E-state index is 14.4. The van der Waals surface area contributed by atoms with Crippen LogP contribution in [0.2, 0.25) is 0 Å². The molecule has 0 aliphatic rings. The standard InChI is InChI=1S/C25H32FNO3/c1-15(2)21-8-6-7-19(11-18(5)29)23(21)12-20(14-28)27-24(30)13-22-16(3)9-10-17(4)25(22)26/h6-10,15,20,28H,11-14H2,1-5H3,(H,27,30). The highest BCUT2D eigenvalue weighted by Crippen LogP contribution is 2.25. The maximum absolute atomic E-state index is 14.4. The Kier molecular flexibility index (Phi) is 8.30. The van der Waals surface area contributed by atoms with E-state index in [-0.39, 0.29) is 36.5 Å². The number of nitrogens with one attached hydrogen (secondary N) is 1. The molecule has 0 saturated carbocycles. The van der Waals surface area contributed by atoms with Crippen LogP contribution >= 0.6 is 0 Å². The number of aryl methyl sites for hydroxylation is 2. The van der Waals surface area contributed by atoms with Crippen molar-refractivity contribution in [3.05, 3.63) is 69.5 Å². The average Bonchev–Trinajstić information content (AvgIpc) is 2.68. The molecule has 0 aromatic heterocycles. The second-order valence-corrected chi connectivity index (χ2v) is 8.34. The number of hydrogen-bond acceptors (Lipinski definition) is 3. The summed E-state index contributed by atoms with van der Waals surface area (Å²) < 4.78 is 14.4. The Hall–Kier alpha value is -2.53. The molecule has 5 heteroatoms. The van der Waals surface area contributed by atoms with E-state index in [4.69, 9.17) is 0 Å². The highest BCUT2D eigenvalue weighted by atomic mass is 19.1. The summed E-state index contributed by atoms with van der Waals surface area (Å²) in [5, 5.41) is 12.7. The SMILES string of the molecule is CC(=O)Cc1cccc(C(C)C)c1CC(CO)NC(=O)Cc1c(C)ccc(C)c1F. The fourth-order valence-corrected chi connectivity index (χ4v) is 3.78. The maximum Gasteiger partial charge on any atom is 0.224 e. The minimum Gasteiger partial charge on any atom is -0.394 e. The molecule has 0 aliphatic heterocycles. The third-order valence-electron chi connectivity index (χ3n) is 5.41. The van der Waals surface area contributed by atoms with Crippen LogP contribution in [0, 0.1) is 19.7 Å². The second-order valence-electron chi connectivity index (χ2n) is 8.34. The first-order valence-corrected chi connectivity index (χ1v) is 10.4. The quantitative estimate of drug-likeness (QED) is 0.654. The number of Topliss-reactive ketones (excluding diaryl/α,β-unsaturated/α-hetero) is 1. The summed E-state index contributed by atoms with van der Waals surface area (Å²) in [5.41, 5.74) is 4.61. The van der Waals surface area contributed by atoms with Gasteiger partial charge in [-0.15, -0.1) is 0 Å². The van der Waals surface area contributed by atoms with E-state index < -0.39 is 6.04 Å². The predicted octanol–water partition coefficient (Wildman–Crippen LogP) is 3.96. The number of hydrogen-bond donors (Lipinski definition) is 2. The molecule has 0 bridgehead atoms. The van der Waals surface area contributed by atoms with Crippen molar-refractivity contribution in [3.63, 3.8) is 0 Å². The van der Waals surface area contributed by atoms with Gasteiger partial charge in [-0.3, -0.25) is 9.59 Å². The highest BCUT2D eigenvalue weighted by molar-refractivity contribution is 5.80. The van der Waals surface area contributed by atoms with E-state index in [2.05, 4.69) is 19.2 Å². The van der Waals surface area contributed by atoms with Gasteiger partial charge < -0.3 is 10.4 Å². The van der Waals surface area contributed by atoms with E-state index in [1.807, 2.05) is 18.2 Å². The van der Waals surface area contributed by atoms with Crippen LogP contribution in [0.5, 0.6) is 0 Å². The van der Waals surface area contributed by atoms with Crippen molar-refractivity contribution < 1.29 is 19.1 Å². The fourth-order valence-electron chi connectivity index (χ4n) is 3.78. The minimum absolute atomic E-state index is 0.0622. The minimum atomic E-state index is -0.517. The van der Waals surface area contributed by atoms with Crippen LogP contribution in [0.3, 0.4) is 0 Å². The molecule has 4 nitrogen and oxygen atoms in total. The first kappa shape index (κ1) is 23.7. The number of benzene rings is 2. The lowest BCUT2D eigenvalue weighted by Crippen LogP contribution is -2.40. The lowest BCUT2D eigenvalue weighted by molar-refractivity contribution is -0.121. The Labute approximate surface area is 178 Å². The normalized spacial score (nSPS) is 12.1. The van der Waals surface area contributed by atoms with E-state index >= 15 is 0 Å². The molecule has 0 saturated heterocycles. The second kappa shape index (κ2) is 10.5. The summed E-state index contributed by atoms with van der Waals surface area (Å²) in [5.74, 6) is -0.394. The predicted molar refractivity (Wildman–Crippen MR) is 117 cm³/mol. The van der Waals surface area contributed by atoms with Crippen molar-refractivity contribution in [3.8, 4) is 0 Å². The van der Waals surface area contributed by atoms with Crippen molar-refractivity contribution in [1.82, 2.24) is 5.32 Å². The van der Waals surface area contributed by atoms with Gasteiger partial charge in [0.1, 0.15) is 11.6 Å². The van der Waals surface area contributed by atoms with Gasteiger partial charge in [0.05, 0.1) is 19.1 Å². The number of carbonyl (C=O) groups is 2. The largest absolute Gasteiger partial charge is 0.394 e. The van der Waals surface area contributed by atoms with Crippen LogP contribution in [0.1, 0.15) is 60.1 Å². The zero-order valence-electron chi connectivity index (χ0n) is 18.5. The Balaban J connectivity index is 2.23. The van der Waals surface area contributed by atoms with Gasteiger partial charge in [-0.05, 0) is 60.9 Å². The number of halogens is 1. The molecule has 2 N–H and O–H groups in total. The molecule has 30 heavy (non-hydrogen) atoms. The molecule has 0 heterocycles. The molecule has 2 rings (SSSR count). The zero-order valence-corrected chi connectivity index (χ0v) is 18.5. The monoisotopic (exact) mass is 413 g/mol. The summed E-state index contributed by atoms with van der Waals surface area (Å²) >= 11 is 0. The van der Waals surface area contributed by atoms with E-state index in [1.165, 1.54) is 0 Å². The third kappa shape index (κ3) is 5.99.